The Morgan fingerprint density at radius 2 is 1.30 bits per heavy atom. The van der Waals surface area contributed by atoms with E-state index >= 15 is 8.78 Å². The van der Waals surface area contributed by atoms with Gasteiger partial charge in [0, 0.05) is 11.0 Å². The van der Waals surface area contributed by atoms with Crippen LogP contribution >= 0.6 is 0 Å². The van der Waals surface area contributed by atoms with E-state index in [0.29, 0.717) is 24.8 Å². The molecule has 1 saturated carbocycles. The Bertz CT molecular complexity index is 620. The molecule has 0 radical (unpaired) electrons. The summed E-state index contributed by atoms with van der Waals surface area (Å²) in [6.45, 7) is 12.6. The second-order valence-corrected chi connectivity index (χ2v) is 9.75. The van der Waals surface area contributed by atoms with Gasteiger partial charge in [0.25, 0.3) is 5.92 Å². The van der Waals surface area contributed by atoms with E-state index in [2.05, 4.69) is 47.6 Å². The van der Waals surface area contributed by atoms with Gasteiger partial charge in [-0.1, -0.05) is 66.5 Å². The van der Waals surface area contributed by atoms with Gasteiger partial charge in [0.1, 0.15) is 0 Å². The van der Waals surface area contributed by atoms with Crippen molar-refractivity contribution < 1.29 is 8.78 Å². The first-order chi connectivity index (χ1) is 10.4. The highest BCUT2D eigenvalue weighted by Crippen LogP contribution is 2.64. The van der Waals surface area contributed by atoms with Crippen LogP contribution in [-0.4, -0.2) is 0 Å². The van der Waals surface area contributed by atoms with Crippen molar-refractivity contribution >= 4 is 0 Å². The first-order valence-corrected chi connectivity index (χ1v) is 8.95. The van der Waals surface area contributed by atoms with Crippen LogP contribution in [0.2, 0.25) is 0 Å². The molecule has 1 spiro atoms. The van der Waals surface area contributed by atoms with Crippen LogP contribution in [-0.2, 0) is 23.2 Å². The third-order valence-corrected chi connectivity index (χ3v) is 5.98. The molecule has 0 bridgehead atoms. The molecule has 1 aromatic carbocycles. The highest BCUT2D eigenvalue weighted by atomic mass is 19.3. The number of hydrogen-bond acceptors (Lipinski definition) is 0. The molecule has 2 heteroatoms. The first-order valence-electron chi connectivity index (χ1n) is 8.95. The fourth-order valence-electron chi connectivity index (χ4n) is 4.77. The molecule has 128 valence electrons. The Hall–Kier alpha value is -0.920. The lowest BCUT2D eigenvalue weighted by Gasteiger charge is -2.33. The Balaban J connectivity index is 2.30. The molecule has 23 heavy (non-hydrogen) atoms. The van der Waals surface area contributed by atoms with Crippen LogP contribution in [0.25, 0.3) is 0 Å². The number of hydrogen-bond donors (Lipinski definition) is 0. The summed E-state index contributed by atoms with van der Waals surface area (Å²) < 4.78 is 31.3. The second-order valence-electron chi connectivity index (χ2n) is 9.75. The fraction of sp³-hybridized carbons (Fsp3) is 0.714. The van der Waals surface area contributed by atoms with Gasteiger partial charge in [-0.05, 0) is 46.8 Å². The van der Waals surface area contributed by atoms with Crippen LogP contribution in [0.3, 0.4) is 0 Å². The molecule has 1 fully saturated rings. The number of alkyl halides is 2. The summed E-state index contributed by atoms with van der Waals surface area (Å²) in [5, 5.41) is 0. The molecule has 0 heterocycles. The monoisotopic (exact) mass is 320 g/mol. The van der Waals surface area contributed by atoms with E-state index in [1.165, 1.54) is 0 Å². The minimum absolute atomic E-state index is 0.0965. The average Bonchev–Trinajstić information content (AvgIpc) is 2.93. The van der Waals surface area contributed by atoms with Crippen LogP contribution in [0.1, 0.15) is 89.5 Å². The topological polar surface area (TPSA) is 0 Å². The molecule has 0 saturated heterocycles. The normalized spacial score (nSPS) is 22.6. The predicted molar refractivity (Wildman–Crippen MR) is 92.3 cm³/mol. The molecule has 0 unspecified atom stereocenters. The van der Waals surface area contributed by atoms with Gasteiger partial charge in [0.2, 0.25) is 0 Å². The molecular formula is C21H30F2. The minimum atomic E-state index is -2.69. The van der Waals surface area contributed by atoms with Crippen molar-refractivity contribution in [3.63, 3.8) is 0 Å². The van der Waals surface area contributed by atoms with Crippen molar-refractivity contribution in [1.82, 2.24) is 0 Å². The third kappa shape index (κ3) is 2.36. The van der Waals surface area contributed by atoms with Gasteiger partial charge in [0.05, 0.1) is 0 Å². The molecule has 0 nitrogen and oxygen atoms in total. The number of rotatable bonds is 0. The summed E-state index contributed by atoms with van der Waals surface area (Å²) >= 11 is 0. The van der Waals surface area contributed by atoms with Crippen LogP contribution in [0.5, 0.6) is 0 Å². The molecule has 2 aliphatic rings. The Labute approximate surface area is 139 Å². The maximum absolute atomic E-state index is 15.7. The van der Waals surface area contributed by atoms with E-state index in [0.717, 1.165) is 29.5 Å². The third-order valence-electron chi connectivity index (χ3n) is 5.98. The molecule has 0 aromatic heterocycles. The predicted octanol–water partition coefficient (Wildman–Crippen LogP) is 6.49. The zero-order valence-electron chi connectivity index (χ0n) is 15.4. The Kier molecular flexibility index (Phi) is 3.53. The van der Waals surface area contributed by atoms with E-state index < -0.39 is 11.3 Å². The highest BCUT2D eigenvalue weighted by Gasteiger charge is 2.62. The van der Waals surface area contributed by atoms with Crippen molar-refractivity contribution in [2.75, 3.05) is 0 Å². The summed E-state index contributed by atoms with van der Waals surface area (Å²) in [5.41, 5.74) is 2.11. The van der Waals surface area contributed by atoms with Crippen molar-refractivity contribution in [2.45, 2.75) is 90.4 Å². The molecular weight excluding hydrogens is 290 g/mol. The standard InChI is InChI=1S/C21H30F2/c1-18(2,3)15-9-10-16(19(4,5)6)17-14(15)13-20(21(17,22)23)11-7-8-12-20/h9-10H,7-8,11-13H2,1-6H3. The van der Waals surface area contributed by atoms with E-state index in [-0.39, 0.29) is 10.8 Å². The first kappa shape index (κ1) is 16.9. The molecule has 0 aliphatic heterocycles. The molecule has 1 aromatic rings. The van der Waals surface area contributed by atoms with E-state index in [9.17, 15) is 0 Å². The van der Waals surface area contributed by atoms with Crippen molar-refractivity contribution in [2.24, 2.45) is 5.41 Å². The number of benzene rings is 1. The quantitative estimate of drug-likeness (QED) is 0.512. The molecule has 0 atom stereocenters. The second kappa shape index (κ2) is 4.80. The Morgan fingerprint density at radius 3 is 1.78 bits per heavy atom. The van der Waals surface area contributed by atoms with Crippen LogP contribution in [0.15, 0.2) is 12.1 Å². The molecule has 2 aliphatic carbocycles. The van der Waals surface area contributed by atoms with Crippen molar-refractivity contribution in [3.8, 4) is 0 Å². The zero-order valence-corrected chi connectivity index (χ0v) is 15.4. The summed E-state index contributed by atoms with van der Waals surface area (Å²) in [6, 6.07) is 4.09. The SMILES string of the molecule is CC(C)(C)c1ccc(C(C)(C)C)c2c1CC1(CCCC1)C2(F)F. The molecule has 0 N–H and O–H groups in total. The number of fused-ring (bicyclic) bond motifs is 1. The number of halogens is 2. The summed E-state index contributed by atoms with van der Waals surface area (Å²) in [4.78, 5) is 0. The lowest BCUT2D eigenvalue weighted by molar-refractivity contribution is -0.115. The maximum atomic E-state index is 15.7. The summed E-state index contributed by atoms with van der Waals surface area (Å²) in [5.74, 6) is -2.69. The van der Waals surface area contributed by atoms with Gasteiger partial charge >= 0.3 is 0 Å². The highest BCUT2D eigenvalue weighted by molar-refractivity contribution is 5.53. The van der Waals surface area contributed by atoms with Crippen LogP contribution < -0.4 is 0 Å². The minimum Gasteiger partial charge on any atom is -0.201 e. The smallest absolute Gasteiger partial charge is 0.201 e. The van der Waals surface area contributed by atoms with E-state index in [4.69, 9.17) is 0 Å². The van der Waals surface area contributed by atoms with Gasteiger partial charge in [-0.15, -0.1) is 0 Å². The van der Waals surface area contributed by atoms with Gasteiger partial charge in [-0.3, -0.25) is 0 Å². The largest absolute Gasteiger partial charge is 0.279 e. The zero-order chi connectivity index (χ0) is 17.3. The lowest BCUT2D eigenvalue weighted by Crippen LogP contribution is -2.34. The fourth-order valence-corrected chi connectivity index (χ4v) is 4.77. The van der Waals surface area contributed by atoms with Gasteiger partial charge in [-0.2, -0.15) is 0 Å². The molecule has 0 amide bonds. The lowest BCUT2D eigenvalue weighted by atomic mass is 9.76. The van der Waals surface area contributed by atoms with Crippen molar-refractivity contribution in [3.05, 3.63) is 34.4 Å². The van der Waals surface area contributed by atoms with Gasteiger partial charge in [0.15, 0.2) is 0 Å². The van der Waals surface area contributed by atoms with Crippen molar-refractivity contribution in [1.29, 1.82) is 0 Å². The van der Waals surface area contributed by atoms with Gasteiger partial charge in [-0.25, -0.2) is 8.78 Å². The average molecular weight is 320 g/mol. The maximum Gasteiger partial charge on any atom is 0.279 e. The van der Waals surface area contributed by atoms with Gasteiger partial charge < -0.3 is 0 Å². The van der Waals surface area contributed by atoms with Crippen LogP contribution in [0.4, 0.5) is 8.78 Å². The van der Waals surface area contributed by atoms with Crippen LogP contribution in [0, 0.1) is 5.41 Å². The molecule has 3 rings (SSSR count). The summed E-state index contributed by atoms with van der Waals surface area (Å²) in [6.07, 6.45) is 3.79. The Morgan fingerprint density at radius 1 is 0.826 bits per heavy atom. The summed E-state index contributed by atoms with van der Waals surface area (Å²) in [7, 11) is 0. The van der Waals surface area contributed by atoms with E-state index in [1.54, 1.807) is 0 Å². The van der Waals surface area contributed by atoms with E-state index in [1.807, 2.05) is 6.07 Å².